The second-order valence-corrected chi connectivity index (χ2v) is 6.57. The van der Waals surface area contributed by atoms with Gasteiger partial charge in [0.25, 0.3) is 0 Å². The SMILES string of the molecule is Cc1ccc([S@](=O)c2c(O)c3cc(C)ccc3oc2=O)cc1. The highest BCUT2D eigenvalue weighted by Gasteiger charge is 2.21. The van der Waals surface area contributed by atoms with Gasteiger partial charge < -0.3 is 9.52 Å². The topological polar surface area (TPSA) is 67.5 Å². The van der Waals surface area contributed by atoms with E-state index in [9.17, 15) is 14.1 Å². The van der Waals surface area contributed by atoms with Gasteiger partial charge in [-0.2, -0.15) is 0 Å². The molecule has 1 aromatic heterocycles. The number of aromatic hydroxyl groups is 1. The van der Waals surface area contributed by atoms with E-state index in [-0.39, 0.29) is 16.2 Å². The molecule has 0 saturated heterocycles. The monoisotopic (exact) mass is 314 g/mol. The van der Waals surface area contributed by atoms with Crippen molar-refractivity contribution < 1.29 is 13.7 Å². The summed E-state index contributed by atoms with van der Waals surface area (Å²) in [6.07, 6.45) is 0. The maximum absolute atomic E-state index is 12.6. The molecule has 0 unspecified atom stereocenters. The number of aryl methyl sites for hydroxylation is 2. The van der Waals surface area contributed by atoms with Crippen molar-refractivity contribution in [1.29, 1.82) is 0 Å². The van der Waals surface area contributed by atoms with Crippen molar-refractivity contribution in [2.45, 2.75) is 23.6 Å². The molecule has 0 radical (unpaired) electrons. The van der Waals surface area contributed by atoms with E-state index < -0.39 is 16.4 Å². The van der Waals surface area contributed by atoms with E-state index in [1.165, 1.54) is 0 Å². The summed E-state index contributed by atoms with van der Waals surface area (Å²) < 4.78 is 17.8. The molecule has 0 amide bonds. The number of hydrogen-bond acceptors (Lipinski definition) is 4. The summed E-state index contributed by atoms with van der Waals surface area (Å²) in [5, 5.41) is 10.8. The van der Waals surface area contributed by atoms with Gasteiger partial charge in [0.15, 0.2) is 10.6 Å². The highest BCUT2D eigenvalue weighted by molar-refractivity contribution is 7.85. The Hall–Kier alpha value is -2.40. The lowest BCUT2D eigenvalue weighted by Crippen LogP contribution is -2.10. The molecule has 2 aromatic carbocycles. The van der Waals surface area contributed by atoms with Crippen molar-refractivity contribution >= 4 is 21.8 Å². The van der Waals surface area contributed by atoms with Gasteiger partial charge in [0.05, 0.1) is 16.2 Å². The average molecular weight is 314 g/mol. The molecule has 0 bridgehead atoms. The summed E-state index contributed by atoms with van der Waals surface area (Å²) in [6, 6.07) is 12.0. The summed E-state index contributed by atoms with van der Waals surface area (Å²) in [7, 11) is -1.80. The molecule has 5 heteroatoms. The fourth-order valence-corrected chi connectivity index (χ4v) is 3.32. The van der Waals surface area contributed by atoms with Crippen molar-refractivity contribution in [2.75, 3.05) is 0 Å². The molecule has 0 aliphatic carbocycles. The minimum Gasteiger partial charge on any atom is -0.506 e. The summed E-state index contributed by atoms with van der Waals surface area (Å²) in [5.41, 5.74) is 1.42. The van der Waals surface area contributed by atoms with Gasteiger partial charge >= 0.3 is 5.63 Å². The van der Waals surface area contributed by atoms with E-state index in [0.717, 1.165) is 11.1 Å². The lowest BCUT2D eigenvalue weighted by atomic mass is 10.1. The molecule has 4 nitrogen and oxygen atoms in total. The largest absolute Gasteiger partial charge is 0.506 e. The van der Waals surface area contributed by atoms with Crippen molar-refractivity contribution in [1.82, 2.24) is 0 Å². The molecule has 22 heavy (non-hydrogen) atoms. The van der Waals surface area contributed by atoms with Crippen LogP contribution in [0.3, 0.4) is 0 Å². The summed E-state index contributed by atoms with van der Waals surface area (Å²) in [4.78, 5) is 12.3. The highest BCUT2D eigenvalue weighted by atomic mass is 32.2. The van der Waals surface area contributed by atoms with E-state index in [0.29, 0.717) is 10.3 Å². The minimum atomic E-state index is -1.80. The van der Waals surface area contributed by atoms with Gasteiger partial charge in [-0.15, -0.1) is 0 Å². The third kappa shape index (κ3) is 2.44. The molecule has 1 N–H and O–H groups in total. The summed E-state index contributed by atoms with van der Waals surface area (Å²) in [6.45, 7) is 3.78. The number of rotatable bonds is 2. The van der Waals surface area contributed by atoms with Gasteiger partial charge in [-0.3, -0.25) is 0 Å². The molecule has 0 fully saturated rings. The molecule has 0 aliphatic heterocycles. The number of hydrogen-bond donors (Lipinski definition) is 1. The average Bonchev–Trinajstić information content (AvgIpc) is 2.49. The number of fused-ring (bicyclic) bond motifs is 1. The molecule has 1 heterocycles. The lowest BCUT2D eigenvalue weighted by molar-refractivity contribution is 0.445. The Balaban J connectivity index is 2.24. The summed E-state index contributed by atoms with van der Waals surface area (Å²) in [5.74, 6) is -0.283. The van der Waals surface area contributed by atoms with Crippen molar-refractivity contribution in [2.24, 2.45) is 0 Å². The normalized spacial score (nSPS) is 12.5. The van der Waals surface area contributed by atoms with Crippen molar-refractivity contribution in [3.63, 3.8) is 0 Å². The lowest BCUT2D eigenvalue weighted by Gasteiger charge is -2.07. The maximum Gasteiger partial charge on any atom is 0.356 e. The summed E-state index contributed by atoms with van der Waals surface area (Å²) >= 11 is 0. The smallest absolute Gasteiger partial charge is 0.356 e. The molecule has 3 rings (SSSR count). The minimum absolute atomic E-state index is 0.220. The Bertz CT molecular complexity index is 939. The van der Waals surface area contributed by atoms with Crippen LogP contribution in [0.15, 0.2) is 61.5 Å². The zero-order chi connectivity index (χ0) is 15.9. The van der Waals surface area contributed by atoms with Crippen LogP contribution in [0, 0.1) is 13.8 Å². The first-order chi connectivity index (χ1) is 10.5. The van der Waals surface area contributed by atoms with Gasteiger partial charge in [-0.05, 0) is 38.1 Å². The maximum atomic E-state index is 12.6. The predicted molar refractivity (Wildman–Crippen MR) is 84.7 cm³/mol. The molecular weight excluding hydrogens is 300 g/mol. The van der Waals surface area contributed by atoms with Crippen LogP contribution in [0.5, 0.6) is 5.75 Å². The molecule has 3 aromatic rings. The first-order valence-electron chi connectivity index (χ1n) is 6.72. The van der Waals surface area contributed by atoms with Crippen LogP contribution in [0.1, 0.15) is 11.1 Å². The Labute approximate surface area is 129 Å². The molecular formula is C17H14O4S. The third-order valence-corrected chi connectivity index (χ3v) is 4.84. The van der Waals surface area contributed by atoms with Crippen molar-refractivity contribution in [3.8, 4) is 5.75 Å². The second kappa shape index (κ2) is 5.42. The van der Waals surface area contributed by atoms with Crippen LogP contribution in [0.2, 0.25) is 0 Å². The fourth-order valence-electron chi connectivity index (χ4n) is 2.23. The van der Waals surface area contributed by atoms with Gasteiger partial charge in [0, 0.05) is 4.90 Å². The van der Waals surface area contributed by atoms with E-state index in [1.807, 2.05) is 13.8 Å². The quantitative estimate of drug-likeness (QED) is 0.737. The molecule has 1 atom stereocenters. The molecule has 0 saturated carbocycles. The second-order valence-electron chi connectivity index (χ2n) is 5.15. The van der Waals surface area contributed by atoms with Gasteiger partial charge in [0.2, 0.25) is 0 Å². The zero-order valence-corrected chi connectivity index (χ0v) is 12.9. The Morgan fingerprint density at radius 1 is 1.00 bits per heavy atom. The predicted octanol–water partition coefficient (Wildman–Crippen LogP) is 3.28. The van der Waals surface area contributed by atoms with Gasteiger partial charge in [-0.25, -0.2) is 9.00 Å². The van der Waals surface area contributed by atoms with E-state index in [2.05, 4.69) is 0 Å². The Morgan fingerprint density at radius 2 is 1.64 bits per heavy atom. The number of benzene rings is 2. The fraction of sp³-hybridized carbons (Fsp3) is 0.118. The van der Waals surface area contributed by atoms with Crippen LogP contribution in [0.4, 0.5) is 0 Å². The van der Waals surface area contributed by atoms with E-state index in [1.54, 1.807) is 42.5 Å². The molecule has 0 spiro atoms. The zero-order valence-electron chi connectivity index (χ0n) is 12.1. The Morgan fingerprint density at radius 3 is 2.32 bits per heavy atom. The molecule has 0 aliphatic rings. The standard InChI is InChI=1S/C17H14O4S/c1-10-3-6-12(7-4-10)22(20)16-15(18)13-9-11(2)5-8-14(13)21-17(16)19/h3-9,18H,1-2H3/t22-/m0/s1. The van der Waals surface area contributed by atoms with Crippen molar-refractivity contribution in [3.05, 3.63) is 64.0 Å². The van der Waals surface area contributed by atoms with E-state index >= 15 is 0 Å². The first kappa shape index (κ1) is 14.5. The highest BCUT2D eigenvalue weighted by Crippen LogP contribution is 2.31. The van der Waals surface area contributed by atoms with Crippen LogP contribution >= 0.6 is 0 Å². The van der Waals surface area contributed by atoms with Crippen LogP contribution in [0.25, 0.3) is 11.0 Å². The third-order valence-electron chi connectivity index (χ3n) is 3.41. The Kier molecular flexibility index (Phi) is 3.58. The molecule has 112 valence electrons. The van der Waals surface area contributed by atoms with Crippen LogP contribution < -0.4 is 5.63 Å². The van der Waals surface area contributed by atoms with Crippen LogP contribution in [-0.4, -0.2) is 9.32 Å². The van der Waals surface area contributed by atoms with Crippen LogP contribution in [-0.2, 0) is 10.8 Å². The van der Waals surface area contributed by atoms with E-state index in [4.69, 9.17) is 4.42 Å². The van der Waals surface area contributed by atoms with Gasteiger partial charge in [-0.1, -0.05) is 29.3 Å². The van der Waals surface area contributed by atoms with Gasteiger partial charge in [0.1, 0.15) is 5.58 Å². The first-order valence-corrected chi connectivity index (χ1v) is 7.87.